The second kappa shape index (κ2) is 5.76. The number of nitrogens with zero attached hydrogens (tertiary/aromatic N) is 2. The van der Waals surface area contributed by atoms with Crippen LogP contribution in [0.5, 0.6) is 5.75 Å². The first-order valence-electron chi connectivity index (χ1n) is 5.79. The number of carbonyl (C=O) groups excluding carboxylic acids is 1. The smallest absolute Gasteiger partial charge is 0.288 e. The average molecular weight is 308 g/mol. The Bertz CT molecular complexity index is 733. The van der Waals surface area contributed by atoms with Gasteiger partial charge in [-0.3, -0.25) is 14.9 Å². The van der Waals surface area contributed by atoms with Gasteiger partial charge < -0.3 is 10.4 Å². The van der Waals surface area contributed by atoms with E-state index < -0.39 is 10.8 Å². The summed E-state index contributed by atoms with van der Waals surface area (Å²) >= 11 is 5.78. The molecule has 1 amide bonds. The van der Waals surface area contributed by atoms with Gasteiger partial charge in [0.05, 0.1) is 10.5 Å². The van der Waals surface area contributed by atoms with Crippen LogP contribution < -0.4 is 5.32 Å². The highest BCUT2D eigenvalue weighted by molar-refractivity contribution is 6.33. The first-order valence-corrected chi connectivity index (χ1v) is 6.17. The minimum absolute atomic E-state index is 0.100. The van der Waals surface area contributed by atoms with Crippen molar-refractivity contribution in [2.75, 3.05) is 5.32 Å². The lowest BCUT2D eigenvalue weighted by molar-refractivity contribution is -0.385. The first kappa shape index (κ1) is 14.7. The van der Waals surface area contributed by atoms with Crippen LogP contribution in [0.25, 0.3) is 0 Å². The van der Waals surface area contributed by atoms with Gasteiger partial charge in [0.2, 0.25) is 0 Å². The second-order valence-electron chi connectivity index (χ2n) is 4.24. The van der Waals surface area contributed by atoms with Gasteiger partial charge in [0, 0.05) is 11.8 Å². The average Bonchev–Trinajstić information content (AvgIpc) is 2.43. The Hall–Kier alpha value is -2.67. The van der Waals surface area contributed by atoms with Crippen LogP contribution in [0.3, 0.4) is 0 Å². The number of phenols is 1. The van der Waals surface area contributed by atoms with E-state index in [1.807, 2.05) is 0 Å². The summed E-state index contributed by atoms with van der Waals surface area (Å²) in [6.45, 7) is 1.67. The molecular weight excluding hydrogens is 298 g/mol. The first-order chi connectivity index (χ1) is 9.88. The highest BCUT2D eigenvalue weighted by atomic mass is 35.5. The molecule has 0 atom stereocenters. The maximum atomic E-state index is 12.1. The second-order valence-corrected chi connectivity index (χ2v) is 4.60. The molecule has 0 spiro atoms. The number of phenolic OH excluding ortho intramolecular Hbond substituents is 1. The highest BCUT2D eigenvalue weighted by Gasteiger charge is 2.17. The molecular formula is C13H10ClN3O4. The molecule has 21 heavy (non-hydrogen) atoms. The molecule has 0 radical (unpaired) electrons. The zero-order valence-electron chi connectivity index (χ0n) is 10.8. The Kier molecular flexibility index (Phi) is 4.04. The van der Waals surface area contributed by atoms with Gasteiger partial charge in [-0.1, -0.05) is 11.6 Å². The summed E-state index contributed by atoms with van der Waals surface area (Å²) in [7, 11) is 0. The van der Waals surface area contributed by atoms with Crippen LogP contribution in [-0.2, 0) is 0 Å². The van der Waals surface area contributed by atoms with Crippen molar-refractivity contribution in [3.8, 4) is 5.75 Å². The number of amides is 1. The van der Waals surface area contributed by atoms with E-state index in [1.165, 1.54) is 12.1 Å². The zero-order chi connectivity index (χ0) is 15.6. The van der Waals surface area contributed by atoms with Crippen molar-refractivity contribution in [3.05, 3.63) is 56.9 Å². The van der Waals surface area contributed by atoms with E-state index in [2.05, 4.69) is 10.3 Å². The van der Waals surface area contributed by atoms with Crippen molar-refractivity contribution >= 4 is 28.9 Å². The van der Waals surface area contributed by atoms with Crippen LogP contribution in [0.4, 0.5) is 11.4 Å². The number of halogens is 1. The number of hydrogen-bond acceptors (Lipinski definition) is 5. The quantitative estimate of drug-likeness (QED) is 0.392. The van der Waals surface area contributed by atoms with Gasteiger partial charge >= 0.3 is 0 Å². The fourth-order valence-electron chi connectivity index (χ4n) is 1.63. The SMILES string of the molecule is Cc1cc(NC(=O)c2cc([N+](=O)[O-])cnc2Cl)ccc1O. The molecule has 0 saturated heterocycles. The number of aromatic hydroxyl groups is 1. The van der Waals surface area contributed by atoms with Crippen molar-refractivity contribution in [1.82, 2.24) is 4.98 Å². The molecule has 0 aliphatic heterocycles. The van der Waals surface area contributed by atoms with Crippen LogP contribution in [0.15, 0.2) is 30.5 Å². The van der Waals surface area contributed by atoms with Gasteiger partial charge in [0.25, 0.3) is 11.6 Å². The number of benzene rings is 1. The number of rotatable bonds is 3. The standard InChI is InChI=1S/C13H10ClN3O4/c1-7-4-8(2-3-11(7)18)16-13(19)10-5-9(17(20)21)6-15-12(10)14/h2-6,18H,1H3,(H,16,19). The normalized spacial score (nSPS) is 10.2. The number of aryl methyl sites for hydroxylation is 1. The maximum Gasteiger partial charge on any atom is 0.288 e. The van der Waals surface area contributed by atoms with Crippen LogP contribution in [0, 0.1) is 17.0 Å². The summed E-state index contributed by atoms with van der Waals surface area (Å²) in [5.41, 5.74) is 0.581. The number of carbonyl (C=O) groups is 1. The van der Waals surface area contributed by atoms with E-state index in [1.54, 1.807) is 13.0 Å². The number of aromatic nitrogens is 1. The molecule has 7 nitrogen and oxygen atoms in total. The Morgan fingerprint density at radius 2 is 2.14 bits per heavy atom. The molecule has 0 fully saturated rings. The minimum Gasteiger partial charge on any atom is -0.508 e. The monoisotopic (exact) mass is 307 g/mol. The minimum atomic E-state index is -0.662. The molecule has 8 heteroatoms. The Morgan fingerprint density at radius 1 is 1.43 bits per heavy atom. The number of pyridine rings is 1. The summed E-state index contributed by atoms with van der Waals surface area (Å²) in [6, 6.07) is 5.54. The van der Waals surface area contributed by atoms with E-state index in [4.69, 9.17) is 11.6 Å². The van der Waals surface area contributed by atoms with Crippen molar-refractivity contribution in [2.24, 2.45) is 0 Å². The number of hydrogen-bond donors (Lipinski definition) is 2. The van der Waals surface area contributed by atoms with Gasteiger partial charge in [-0.05, 0) is 30.7 Å². The molecule has 1 aromatic carbocycles. The van der Waals surface area contributed by atoms with Crippen LogP contribution >= 0.6 is 11.6 Å². The number of nitro groups is 1. The van der Waals surface area contributed by atoms with Crippen LogP contribution in [0.1, 0.15) is 15.9 Å². The predicted octanol–water partition coefficient (Wildman–Crippen LogP) is 2.91. The molecule has 0 aliphatic rings. The molecule has 0 unspecified atom stereocenters. The maximum absolute atomic E-state index is 12.1. The lowest BCUT2D eigenvalue weighted by atomic mass is 10.2. The number of anilines is 1. The summed E-state index contributed by atoms with van der Waals surface area (Å²) in [6.07, 6.45) is 0.976. The van der Waals surface area contributed by atoms with Crippen molar-refractivity contribution < 1.29 is 14.8 Å². The van der Waals surface area contributed by atoms with Gasteiger partial charge in [-0.2, -0.15) is 0 Å². The van der Waals surface area contributed by atoms with Crippen molar-refractivity contribution in [3.63, 3.8) is 0 Å². The van der Waals surface area contributed by atoms with Gasteiger partial charge in [-0.15, -0.1) is 0 Å². The molecule has 108 valence electrons. The summed E-state index contributed by atoms with van der Waals surface area (Å²) in [4.78, 5) is 25.7. The Morgan fingerprint density at radius 3 is 2.76 bits per heavy atom. The predicted molar refractivity (Wildman–Crippen MR) is 76.7 cm³/mol. The van der Waals surface area contributed by atoms with Crippen molar-refractivity contribution in [2.45, 2.75) is 6.92 Å². The third kappa shape index (κ3) is 3.26. The molecule has 0 aliphatic carbocycles. The molecule has 2 N–H and O–H groups in total. The third-order valence-electron chi connectivity index (χ3n) is 2.73. The fourth-order valence-corrected chi connectivity index (χ4v) is 1.82. The highest BCUT2D eigenvalue weighted by Crippen LogP contribution is 2.23. The Labute approximate surface area is 124 Å². The van der Waals surface area contributed by atoms with E-state index in [0.717, 1.165) is 12.3 Å². The Balaban J connectivity index is 2.29. The lowest BCUT2D eigenvalue weighted by Gasteiger charge is -2.07. The number of nitrogens with one attached hydrogen (secondary N) is 1. The van der Waals surface area contributed by atoms with Gasteiger partial charge in [0.1, 0.15) is 17.1 Å². The topological polar surface area (TPSA) is 105 Å². The van der Waals surface area contributed by atoms with Crippen molar-refractivity contribution in [1.29, 1.82) is 0 Å². The largest absolute Gasteiger partial charge is 0.508 e. The van der Waals surface area contributed by atoms with E-state index in [9.17, 15) is 20.0 Å². The van der Waals surface area contributed by atoms with Crippen LogP contribution in [0.2, 0.25) is 5.15 Å². The molecule has 0 saturated carbocycles. The zero-order valence-corrected chi connectivity index (χ0v) is 11.6. The summed E-state index contributed by atoms with van der Waals surface area (Å²) in [5.74, 6) is -0.524. The third-order valence-corrected chi connectivity index (χ3v) is 3.04. The molecule has 2 aromatic rings. The van der Waals surface area contributed by atoms with E-state index in [0.29, 0.717) is 11.3 Å². The lowest BCUT2D eigenvalue weighted by Crippen LogP contribution is -2.13. The molecule has 0 bridgehead atoms. The van der Waals surface area contributed by atoms with Gasteiger partial charge in [0.15, 0.2) is 0 Å². The van der Waals surface area contributed by atoms with E-state index in [-0.39, 0.29) is 22.2 Å². The molecule has 1 heterocycles. The van der Waals surface area contributed by atoms with Crippen LogP contribution in [-0.4, -0.2) is 20.9 Å². The molecule has 2 rings (SSSR count). The van der Waals surface area contributed by atoms with Gasteiger partial charge in [-0.25, -0.2) is 4.98 Å². The molecule has 1 aromatic heterocycles. The fraction of sp³-hybridized carbons (Fsp3) is 0.0769. The van der Waals surface area contributed by atoms with E-state index >= 15 is 0 Å². The summed E-state index contributed by atoms with van der Waals surface area (Å²) in [5, 5.41) is 22.5. The summed E-state index contributed by atoms with van der Waals surface area (Å²) < 4.78 is 0.